The van der Waals surface area contributed by atoms with Gasteiger partial charge in [-0.05, 0) is 166 Å². The van der Waals surface area contributed by atoms with Crippen LogP contribution in [0.2, 0.25) is 0 Å². The highest BCUT2D eigenvalue weighted by Crippen LogP contribution is 2.28. The SMILES string of the molecule is Cc1cc(-c2ccc(C)c(C)c2C)[n+](C)cc1C.Cc1ccccc1-c1ccc(CC(C)(C)C)c[n+]1C.[2H]C(C)(C)c1ccc(-c2ccccc2C)[n+](C)c1.[2H]C([2H])(c1ccc(-c2ccccc2C)[n+](C)c1)C(C)(C)C. The number of benzene rings is 4. The average Bonchev–Trinajstić information content (AvgIpc) is 3.33. The van der Waals surface area contributed by atoms with Crippen LogP contribution in [-0.2, 0) is 41.0 Å². The van der Waals surface area contributed by atoms with Gasteiger partial charge < -0.3 is 0 Å². The maximum atomic E-state index is 8.39. The molecular weight excluding hydrogens is 885 g/mol. The molecule has 0 aliphatic heterocycles. The molecule has 8 aromatic rings. The van der Waals surface area contributed by atoms with Crippen LogP contribution in [0.4, 0.5) is 0 Å². The van der Waals surface area contributed by atoms with Gasteiger partial charge in [0.2, 0.25) is 22.8 Å². The molecule has 4 heterocycles. The summed E-state index contributed by atoms with van der Waals surface area (Å²) in [6, 6.07) is 44.5. The molecule has 4 nitrogen and oxygen atoms in total. The lowest BCUT2D eigenvalue weighted by molar-refractivity contribution is -0.661. The third-order valence-corrected chi connectivity index (χ3v) is 13.6. The normalized spacial score (nSPS) is 12.2. The molecule has 0 saturated heterocycles. The van der Waals surface area contributed by atoms with Crippen molar-refractivity contribution in [3.8, 4) is 45.0 Å². The van der Waals surface area contributed by atoms with Crippen LogP contribution in [0.1, 0.15) is 127 Å². The first-order valence-electron chi connectivity index (χ1n) is 27.5. The molecule has 4 heteroatoms. The van der Waals surface area contributed by atoms with Crippen molar-refractivity contribution in [2.75, 3.05) is 0 Å². The molecule has 0 spiro atoms. The fourth-order valence-electron chi connectivity index (χ4n) is 9.20. The molecule has 0 bridgehead atoms. The van der Waals surface area contributed by atoms with Crippen LogP contribution in [0.15, 0.2) is 152 Å². The van der Waals surface area contributed by atoms with E-state index in [4.69, 9.17) is 4.11 Å². The number of hydrogen-bond acceptors (Lipinski definition) is 0. The van der Waals surface area contributed by atoms with E-state index in [1.807, 2.05) is 83.7 Å². The van der Waals surface area contributed by atoms with Gasteiger partial charge >= 0.3 is 0 Å². The summed E-state index contributed by atoms with van der Waals surface area (Å²) in [7, 11) is 8.27. The van der Waals surface area contributed by atoms with E-state index in [1.165, 1.54) is 89.4 Å². The van der Waals surface area contributed by atoms with E-state index >= 15 is 0 Å². The highest BCUT2D eigenvalue weighted by molar-refractivity contribution is 5.65. The summed E-state index contributed by atoms with van der Waals surface area (Å²) in [5, 5.41) is 0. The number of hydrogen-bond donors (Lipinski definition) is 0. The van der Waals surface area contributed by atoms with Gasteiger partial charge in [0, 0.05) is 72.9 Å². The number of aryl methyl sites for hydroxylation is 10. The van der Waals surface area contributed by atoms with Crippen molar-refractivity contribution in [3.63, 3.8) is 0 Å². The van der Waals surface area contributed by atoms with Gasteiger partial charge in [-0.25, -0.2) is 18.3 Å². The molecule has 4 aromatic carbocycles. The van der Waals surface area contributed by atoms with Crippen molar-refractivity contribution in [2.45, 2.75) is 129 Å². The van der Waals surface area contributed by atoms with Crippen molar-refractivity contribution in [1.29, 1.82) is 0 Å². The van der Waals surface area contributed by atoms with Crippen molar-refractivity contribution in [2.24, 2.45) is 39.0 Å². The van der Waals surface area contributed by atoms with E-state index in [9.17, 15) is 0 Å². The Labute approximate surface area is 447 Å². The summed E-state index contributed by atoms with van der Waals surface area (Å²) < 4.78 is 33.4. The minimum absolute atomic E-state index is 0.331. The maximum Gasteiger partial charge on any atom is 0.212 e. The third kappa shape index (κ3) is 16.0. The van der Waals surface area contributed by atoms with Crippen LogP contribution in [-0.4, -0.2) is 0 Å². The molecule has 0 aliphatic rings. The number of pyridine rings is 4. The Morgan fingerprint density at radius 3 is 1.25 bits per heavy atom. The van der Waals surface area contributed by atoms with Gasteiger partial charge in [-0.2, -0.15) is 0 Å². The van der Waals surface area contributed by atoms with Crippen LogP contribution in [0, 0.1) is 66.2 Å². The first-order chi connectivity index (χ1) is 35.3. The van der Waals surface area contributed by atoms with Gasteiger partial charge in [-0.3, -0.25) is 0 Å². The quantitative estimate of drug-likeness (QED) is 0.141. The highest BCUT2D eigenvalue weighted by atomic mass is 14.9. The highest BCUT2D eigenvalue weighted by Gasteiger charge is 2.20. The van der Waals surface area contributed by atoms with Crippen molar-refractivity contribution in [3.05, 3.63) is 213 Å². The number of rotatable bonds is 7. The molecule has 0 amide bonds. The average molecular weight is 979 g/mol. The molecule has 0 N–H and O–H groups in total. The zero-order valence-corrected chi connectivity index (χ0v) is 48.4. The molecule has 0 saturated carbocycles. The summed E-state index contributed by atoms with van der Waals surface area (Å²) in [6.45, 7) is 33.8. The lowest BCUT2D eigenvalue weighted by Gasteiger charge is -2.17. The summed E-state index contributed by atoms with van der Waals surface area (Å²) >= 11 is 0. The van der Waals surface area contributed by atoms with Gasteiger partial charge in [0.15, 0.2) is 24.8 Å². The van der Waals surface area contributed by atoms with Gasteiger partial charge in [0.1, 0.15) is 28.2 Å². The second kappa shape index (κ2) is 24.9. The molecule has 0 unspecified atom stereocenters. The van der Waals surface area contributed by atoms with Crippen molar-refractivity contribution < 1.29 is 22.4 Å². The van der Waals surface area contributed by atoms with Crippen molar-refractivity contribution in [1.82, 2.24) is 0 Å². The van der Waals surface area contributed by atoms with E-state index in [2.05, 4.69) is 226 Å². The largest absolute Gasteiger partial charge is 0.212 e. The molecule has 4 aromatic heterocycles. The number of nitrogens with zero attached hydrogens (tertiary/aromatic N) is 4. The van der Waals surface area contributed by atoms with Gasteiger partial charge in [0.25, 0.3) is 0 Å². The van der Waals surface area contributed by atoms with E-state index in [0.717, 1.165) is 23.2 Å². The smallest absolute Gasteiger partial charge is 0.201 e. The zero-order valence-electron chi connectivity index (χ0n) is 51.4. The second-order valence-corrected chi connectivity index (χ2v) is 22.7. The molecule has 8 rings (SSSR count). The monoisotopic (exact) mass is 978 g/mol. The fourth-order valence-corrected chi connectivity index (χ4v) is 9.20. The zero-order chi connectivity index (χ0) is 56.7. The number of aromatic nitrogens is 4. The van der Waals surface area contributed by atoms with Crippen LogP contribution < -0.4 is 18.3 Å². The van der Waals surface area contributed by atoms with E-state index in [-0.39, 0.29) is 0 Å². The topological polar surface area (TPSA) is 15.5 Å². The maximum absolute atomic E-state index is 8.39. The Bertz CT molecular complexity index is 3290. The summed E-state index contributed by atoms with van der Waals surface area (Å²) in [5.41, 5.74) is 23.6. The third-order valence-electron chi connectivity index (χ3n) is 13.6. The van der Waals surface area contributed by atoms with E-state index < -0.39 is 17.7 Å². The molecule has 0 fully saturated rings. The Hall–Kier alpha value is -6.52. The first kappa shape index (κ1) is 52.8. The van der Waals surface area contributed by atoms with E-state index in [0.29, 0.717) is 5.41 Å². The standard InChI is InChI=1S/2C18H24N.C17H22N.C16H20N/c2*1-14-8-6-7-9-16(14)17-11-10-15(13-19(17)5)12-18(2,3)4;1-11-7-8-16(15(5)14(11)4)17-9-12(2)13(3)10-18(17)6;1-12(2)14-9-10-16(17(4)11-14)15-8-6-5-7-13(15)3/h2*6-11,13H,12H2,1-5H3;7-10H,1-6H3;5-12H,1-4H3/q4*+1/i12D2;;;12D. The molecule has 0 aliphatic carbocycles. The summed E-state index contributed by atoms with van der Waals surface area (Å²) in [4.78, 5) is 0. The Morgan fingerprint density at radius 2 is 0.822 bits per heavy atom. The van der Waals surface area contributed by atoms with Crippen LogP contribution >= 0.6 is 0 Å². The lowest BCUT2D eigenvalue weighted by atomic mass is 9.88. The van der Waals surface area contributed by atoms with Gasteiger partial charge in [0.05, 0.1) is 0 Å². The molecule has 382 valence electrons. The van der Waals surface area contributed by atoms with Gasteiger partial charge in [-0.15, -0.1) is 0 Å². The molecule has 0 atom stereocenters. The predicted molar refractivity (Wildman–Crippen MR) is 311 cm³/mol. The summed E-state index contributed by atoms with van der Waals surface area (Å²) in [5.74, 6) is -0.554. The summed E-state index contributed by atoms with van der Waals surface area (Å²) in [6.07, 6.45) is 8.16. The van der Waals surface area contributed by atoms with E-state index in [1.54, 1.807) is 0 Å². The lowest BCUT2D eigenvalue weighted by Crippen LogP contribution is -2.32. The minimum atomic E-state index is -1.37. The predicted octanol–water partition coefficient (Wildman–Crippen LogP) is 15.5. The van der Waals surface area contributed by atoms with Gasteiger partial charge in [-0.1, -0.05) is 116 Å². The van der Waals surface area contributed by atoms with Crippen LogP contribution in [0.25, 0.3) is 45.0 Å². The molecule has 73 heavy (non-hydrogen) atoms. The first-order valence-corrected chi connectivity index (χ1v) is 26.0. The molecular formula is C69H90N4+4. The Balaban J connectivity index is 0.000000187. The van der Waals surface area contributed by atoms with Crippen molar-refractivity contribution >= 4 is 0 Å². The Kier molecular flexibility index (Phi) is 18.0. The Morgan fingerprint density at radius 1 is 0.397 bits per heavy atom. The minimum Gasteiger partial charge on any atom is -0.201 e. The molecule has 0 radical (unpaired) electrons. The second-order valence-electron chi connectivity index (χ2n) is 22.7. The van der Waals surface area contributed by atoms with Crippen LogP contribution in [0.5, 0.6) is 0 Å². The fraction of sp³-hybridized carbons (Fsp3) is 0.362. The van der Waals surface area contributed by atoms with Crippen LogP contribution in [0.3, 0.4) is 0 Å².